The van der Waals surface area contributed by atoms with E-state index < -0.39 is 0 Å². The second kappa shape index (κ2) is 10.6. The van der Waals surface area contributed by atoms with Crippen LogP contribution in [0.2, 0.25) is 0 Å². The van der Waals surface area contributed by atoms with E-state index in [1.165, 1.54) is 0 Å². The van der Waals surface area contributed by atoms with Gasteiger partial charge in [0.2, 0.25) is 0 Å². The van der Waals surface area contributed by atoms with Crippen molar-refractivity contribution in [3.8, 4) is 11.5 Å². The van der Waals surface area contributed by atoms with E-state index in [0.29, 0.717) is 54.6 Å². The molecule has 4 aromatic rings. The Balaban J connectivity index is 1.20. The summed E-state index contributed by atoms with van der Waals surface area (Å²) in [5.41, 5.74) is 3.41. The molecular weight excluding hydrogens is 468 g/mol. The van der Waals surface area contributed by atoms with Gasteiger partial charge in [0.15, 0.2) is 0 Å². The molecule has 8 nitrogen and oxygen atoms in total. The van der Waals surface area contributed by atoms with Crippen LogP contribution >= 0.6 is 0 Å². The quantitative estimate of drug-likeness (QED) is 0.424. The van der Waals surface area contributed by atoms with Gasteiger partial charge in [-0.3, -0.25) is 9.59 Å². The van der Waals surface area contributed by atoms with E-state index in [4.69, 9.17) is 9.47 Å². The number of methoxy groups -OCH3 is 2. The average molecular weight is 497 g/mol. The van der Waals surface area contributed by atoms with E-state index in [1.54, 1.807) is 44.6 Å². The van der Waals surface area contributed by atoms with Gasteiger partial charge in [-0.05, 0) is 54.6 Å². The predicted octanol–water partition coefficient (Wildman–Crippen LogP) is 4.47. The molecule has 0 bridgehead atoms. The Morgan fingerprint density at radius 2 is 1.59 bits per heavy atom. The van der Waals surface area contributed by atoms with Crippen molar-refractivity contribution in [2.75, 3.05) is 50.6 Å². The predicted molar refractivity (Wildman–Crippen MR) is 144 cm³/mol. The Kier molecular flexibility index (Phi) is 6.89. The number of rotatable bonds is 6. The molecule has 3 aromatic carbocycles. The first-order valence-electron chi connectivity index (χ1n) is 12.1. The highest BCUT2D eigenvalue weighted by molar-refractivity contribution is 6.04. The summed E-state index contributed by atoms with van der Waals surface area (Å²) in [5.74, 6) is 0.985. The summed E-state index contributed by atoms with van der Waals surface area (Å²) >= 11 is 0. The molecule has 1 N–H and O–H groups in total. The summed E-state index contributed by atoms with van der Waals surface area (Å²) in [4.78, 5) is 34.4. The summed E-state index contributed by atoms with van der Waals surface area (Å²) in [6.45, 7) is 2.58. The summed E-state index contributed by atoms with van der Waals surface area (Å²) < 4.78 is 10.7. The minimum atomic E-state index is -0.197. The van der Waals surface area contributed by atoms with Gasteiger partial charge in [-0.1, -0.05) is 18.2 Å². The second-order valence-corrected chi connectivity index (χ2v) is 8.74. The molecular formula is C29H28N4O4. The second-order valence-electron chi connectivity index (χ2n) is 8.74. The Morgan fingerprint density at radius 3 is 2.32 bits per heavy atom. The number of anilines is 2. The minimum absolute atomic E-state index is 0.0979. The van der Waals surface area contributed by atoms with Gasteiger partial charge in [-0.2, -0.15) is 0 Å². The maximum Gasteiger partial charge on any atom is 0.272 e. The van der Waals surface area contributed by atoms with Gasteiger partial charge in [0.05, 0.1) is 19.7 Å². The van der Waals surface area contributed by atoms with E-state index in [0.717, 1.165) is 16.6 Å². The van der Waals surface area contributed by atoms with Crippen molar-refractivity contribution in [3.63, 3.8) is 0 Å². The fraction of sp³-hybridized carbons (Fsp3) is 0.207. The van der Waals surface area contributed by atoms with Crippen LogP contribution in [0.4, 0.5) is 11.4 Å². The largest absolute Gasteiger partial charge is 0.497 e. The lowest BCUT2D eigenvalue weighted by Gasteiger charge is -2.36. The number of carbonyl (C=O) groups is 2. The highest BCUT2D eigenvalue weighted by Gasteiger charge is 2.24. The van der Waals surface area contributed by atoms with E-state index >= 15 is 0 Å². The van der Waals surface area contributed by atoms with Gasteiger partial charge in [0.25, 0.3) is 11.8 Å². The van der Waals surface area contributed by atoms with Gasteiger partial charge in [0, 0.05) is 54.6 Å². The van der Waals surface area contributed by atoms with Crippen LogP contribution in [0.15, 0.2) is 78.9 Å². The molecule has 1 fully saturated rings. The number of aromatic nitrogens is 1. The zero-order valence-electron chi connectivity index (χ0n) is 20.8. The van der Waals surface area contributed by atoms with Crippen LogP contribution in [0.3, 0.4) is 0 Å². The smallest absolute Gasteiger partial charge is 0.272 e. The zero-order valence-corrected chi connectivity index (χ0v) is 20.8. The molecule has 0 radical (unpaired) electrons. The first-order chi connectivity index (χ1) is 18.1. The van der Waals surface area contributed by atoms with Crippen LogP contribution in [-0.2, 0) is 0 Å². The number of hydrogen-bond acceptors (Lipinski definition) is 6. The zero-order chi connectivity index (χ0) is 25.8. The summed E-state index contributed by atoms with van der Waals surface area (Å²) in [6.07, 6.45) is 0. The van der Waals surface area contributed by atoms with Crippen molar-refractivity contribution in [3.05, 3.63) is 90.1 Å². The Morgan fingerprint density at radius 1 is 0.838 bits per heavy atom. The van der Waals surface area contributed by atoms with Crippen molar-refractivity contribution < 1.29 is 19.1 Å². The average Bonchev–Trinajstić information content (AvgIpc) is 2.96. The van der Waals surface area contributed by atoms with Crippen LogP contribution in [0.1, 0.15) is 20.8 Å². The number of nitrogens with zero attached hydrogens (tertiary/aromatic N) is 3. The van der Waals surface area contributed by atoms with E-state index in [9.17, 15) is 9.59 Å². The molecule has 0 unspecified atom stereocenters. The van der Waals surface area contributed by atoms with Gasteiger partial charge >= 0.3 is 0 Å². The fourth-order valence-corrected chi connectivity index (χ4v) is 4.47. The van der Waals surface area contributed by atoms with Gasteiger partial charge in [-0.15, -0.1) is 0 Å². The number of nitrogens with one attached hydrogen (secondary N) is 1. The molecule has 0 aliphatic carbocycles. The molecule has 37 heavy (non-hydrogen) atoms. The third-order valence-corrected chi connectivity index (χ3v) is 6.51. The molecule has 0 saturated carbocycles. The molecule has 1 aliphatic rings. The van der Waals surface area contributed by atoms with Crippen molar-refractivity contribution in [1.82, 2.24) is 9.88 Å². The number of pyridine rings is 1. The summed E-state index contributed by atoms with van der Waals surface area (Å²) in [6, 6.07) is 24.1. The van der Waals surface area contributed by atoms with E-state index in [2.05, 4.69) is 15.2 Å². The first kappa shape index (κ1) is 24.1. The molecule has 1 saturated heterocycles. The third-order valence-electron chi connectivity index (χ3n) is 6.51. The number of piperazine rings is 1. The first-order valence-corrected chi connectivity index (χ1v) is 12.1. The van der Waals surface area contributed by atoms with Gasteiger partial charge in [0.1, 0.15) is 17.2 Å². The molecule has 2 heterocycles. The Labute approximate surface area is 215 Å². The molecule has 1 aromatic heterocycles. The number of amides is 2. The molecule has 2 amide bonds. The lowest BCUT2D eigenvalue weighted by Crippen LogP contribution is -2.49. The summed E-state index contributed by atoms with van der Waals surface area (Å²) in [7, 11) is 3.17. The molecule has 0 atom stereocenters. The SMILES string of the molecule is COc1cccc(C(=O)Nc2ccc(N3CCN(C(=O)c4cc(OC)c5ccccc5n4)CC3)cc2)c1. The van der Waals surface area contributed by atoms with Crippen LogP contribution in [0, 0.1) is 0 Å². The van der Waals surface area contributed by atoms with Crippen LogP contribution in [-0.4, -0.2) is 62.1 Å². The monoisotopic (exact) mass is 496 g/mol. The Bertz CT molecular complexity index is 1430. The number of benzene rings is 3. The van der Waals surface area contributed by atoms with Crippen molar-refractivity contribution >= 4 is 34.1 Å². The molecule has 0 spiro atoms. The minimum Gasteiger partial charge on any atom is -0.497 e. The van der Waals surface area contributed by atoms with Crippen molar-refractivity contribution in [2.24, 2.45) is 0 Å². The lowest BCUT2D eigenvalue weighted by atomic mass is 10.1. The number of hydrogen-bond donors (Lipinski definition) is 1. The third kappa shape index (κ3) is 5.18. The highest BCUT2D eigenvalue weighted by Crippen LogP contribution is 2.26. The maximum absolute atomic E-state index is 13.2. The van der Waals surface area contributed by atoms with Crippen LogP contribution in [0.5, 0.6) is 11.5 Å². The van der Waals surface area contributed by atoms with Gasteiger partial charge < -0.3 is 24.6 Å². The Hall–Kier alpha value is -4.59. The standard InChI is InChI=1S/C29H28N4O4/c1-36-23-7-5-6-20(18-23)28(34)30-21-10-12-22(13-11-21)32-14-16-33(17-15-32)29(35)26-19-27(37-2)24-8-3-4-9-25(24)31-26/h3-13,18-19H,14-17H2,1-2H3,(H,30,34). The van der Waals surface area contributed by atoms with E-state index in [1.807, 2.05) is 53.4 Å². The topological polar surface area (TPSA) is 84.0 Å². The maximum atomic E-state index is 13.2. The number of para-hydroxylation sites is 1. The molecule has 1 aliphatic heterocycles. The fourth-order valence-electron chi connectivity index (χ4n) is 4.47. The van der Waals surface area contributed by atoms with E-state index in [-0.39, 0.29) is 11.8 Å². The van der Waals surface area contributed by atoms with Crippen molar-refractivity contribution in [2.45, 2.75) is 0 Å². The number of carbonyl (C=O) groups excluding carboxylic acids is 2. The highest BCUT2D eigenvalue weighted by atomic mass is 16.5. The normalized spacial score (nSPS) is 13.4. The van der Waals surface area contributed by atoms with Crippen LogP contribution < -0.4 is 19.7 Å². The lowest BCUT2D eigenvalue weighted by molar-refractivity contribution is 0.0740. The molecule has 188 valence electrons. The molecule has 5 rings (SSSR count). The number of fused-ring (bicyclic) bond motifs is 1. The van der Waals surface area contributed by atoms with Gasteiger partial charge in [-0.25, -0.2) is 4.98 Å². The number of ether oxygens (including phenoxy) is 2. The van der Waals surface area contributed by atoms with Crippen molar-refractivity contribution in [1.29, 1.82) is 0 Å². The molecule has 8 heteroatoms. The summed E-state index contributed by atoms with van der Waals surface area (Å²) in [5, 5.41) is 3.80. The van der Waals surface area contributed by atoms with Crippen LogP contribution in [0.25, 0.3) is 10.9 Å².